The molecule has 0 N–H and O–H groups in total. The lowest BCUT2D eigenvalue weighted by Gasteiger charge is -1.95. The van der Waals surface area contributed by atoms with Crippen molar-refractivity contribution in [3.05, 3.63) is 28.5 Å². The number of fused-ring (bicyclic) bond motifs is 1. The Balaban J connectivity index is 2.66. The van der Waals surface area contributed by atoms with Crippen LogP contribution in [0.15, 0.2) is 12.3 Å². The van der Waals surface area contributed by atoms with Crippen LogP contribution in [0.5, 0.6) is 0 Å². The molecule has 0 atom stereocenters. The molecule has 0 aliphatic rings. The third kappa shape index (κ3) is 1.59. The number of nitrogens with zero attached hydrogens (tertiary/aromatic N) is 1. The molecule has 0 bridgehead atoms. The number of aromatic nitrogens is 1. The molecule has 0 amide bonds. The number of esters is 1. The standard InChI is InChI=1S/C10H8FNO2S/c1-5-6(11)4-12-7-3-8(10(13)14-2)15-9(5)7/h3-4H,1-2H3. The maximum absolute atomic E-state index is 13.2. The Morgan fingerprint density at radius 2 is 2.33 bits per heavy atom. The van der Waals surface area contributed by atoms with E-state index in [9.17, 15) is 9.18 Å². The zero-order valence-corrected chi connectivity index (χ0v) is 9.02. The van der Waals surface area contributed by atoms with Crippen molar-refractivity contribution in [3.8, 4) is 0 Å². The van der Waals surface area contributed by atoms with E-state index in [0.29, 0.717) is 20.7 Å². The Bertz CT molecular complexity index is 535. The molecule has 0 radical (unpaired) electrons. The van der Waals surface area contributed by atoms with Gasteiger partial charge in [0.1, 0.15) is 10.7 Å². The molecule has 2 aromatic rings. The Morgan fingerprint density at radius 1 is 1.60 bits per heavy atom. The Labute approximate surface area is 89.5 Å². The second-order valence-corrected chi connectivity index (χ2v) is 4.10. The first kappa shape index (κ1) is 10.0. The number of carbonyl (C=O) groups is 1. The molecule has 5 heteroatoms. The predicted molar refractivity (Wildman–Crippen MR) is 55.7 cm³/mol. The van der Waals surface area contributed by atoms with Crippen LogP contribution in [-0.2, 0) is 4.74 Å². The fourth-order valence-corrected chi connectivity index (χ4v) is 2.30. The third-order valence-electron chi connectivity index (χ3n) is 2.11. The van der Waals surface area contributed by atoms with Gasteiger partial charge in [-0.15, -0.1) is 11.3 Å². The Kier molecular flexibility index (Phi) is 2.40. The number of pyridine rings is 1. The Hall–Kier alpha value is -1.49. The van der Waals surface area contributed by atoms with Crippen molar-refractivity contribution in [2.45, 2.75) is 6.92 Å². The van der Waals surface area contributed by atoms with Gasteiger partial charge in [0.2, 0.25) is 0 Å². The number of rotatable bonds is 1. The number of aryl methyl sites for hydroxylation is 1. The highest BCUT2D eigenvalue weighted by molar-refractivity contribution is 7.20. The summed E-state index contributed by atoms with van der Waals surface area (Å²) in [5.74, 6) is -0.779. The van der Waals surface area contributed by atoms with E-state index in [-0.39, 0.29) is 5.82 Å². The van der Waals surface area contributed by atoms with Crippen LogP contribution in [-0.4, -0.2) is 18.1 Å². The monoisotopic (exact) mass is 225 g/mol. The molecule has 3 nitrogen and oxygen atoms in total. The maximum atomic E-state index is 13.2. The summed E-state index contributed by atoms with van der Waals surface area (Å²) in [6.07, 6.45) is 1.16. The second kappa shape index (κ2) is 3.58. The van der Waals surface area contributed by atoms with Crippen LogP contribution in [0.3, 0.4) is 0 Å². The van der Waals surface area contributed by atoms with E-state index in [4.69, 9.17) is 0 Å². The average molecular weight is 225 g/mol. The molecule has 2 rings (SSSR count). The van der Waals surface area contributed by atoms with E-state index < -0.39 is 5.97 Å². The number of hydrogen-bond donors (Lipinski definition) is 0. The summed E-state index contributed by atoms with van der Waals surface area (Å²) < 4.78 is 18.4. The van der Waals surface area contributed by atoms with Crippen LogP contribution >= 0.6 is 11.3 Å². The molecule has 2 aromatic heterocycles. The minimum Gasteiger partial charge on any atom is -0.465 e. The SMILES string of the molecule is COC(=O)c1cc2ncc(F)c(C)c2s1. The molecule has 0 aliphatic carbocycles. The van der Waals surface area contributed by atoms with Crippen molar-refractivity contribution in [3.63, 3.8) is 0 Å². The summed E-state index contributed by atoms with van der Waals surface area (Å²) in [7, 11) is 1.31. The molecular weight excluding hydrogens is 217 g/mol. The lowest BCUT2D eigenvalue weighted by atomic mass is 10.2. The number of methoxy groups -OCH3 is 1. The second-order valence-electron chi connectivity index (χ2n) is 3.05. The molecule has 0 saturated carbocycles. The van der Waals surface area contributed by atoms with Crippen LogP contribution in [0.4, 0.5) is 4.39 Å². The van der Waals surface area contributed by atoms with Crippen LogP contribution < -0.4 is 0 Å². The first-order chi connectivity index (χ1) is 7.13. The zero-order valence-electron chi connectivity index (χ0n) is 8.20. The van der Waals surface area contributed by atoms with E-state index >= 15 is 0 Å². The number of carbonyl (C=O) groups excluding carboxylic acids is 1. The molecule has 15 heavy (non-hydrogen) atoms. The number of ether oxygens (including phenoxy) is 1. The Morgan fingerprint density at radius 3 is 3.00 bits per heavy atom. The third-order valence-corrected chi connectivity index (χ3v) is 3.34. The molecular formula is C10H8FNO2S. The van der Waals surface area contributed by atoms with Gasteiger partial charge in [-0.05, 0) is 13.0 Å². The molecule has 0 aromatic carbocycles. The highest BCUT2D eigenvalue weighted by atomic mass is 32.1. The predicted octanol–water partition coefficient (Wildman–Crippen LogP) is 2.53. The fraction of sp³-hybridized carbons (Fsp3) is 0.200. The molecule has 78 valence electrons. The lowest BCUT2D eigenvalue weighted by Crippen LogP contribution is -1.96. The summed E-state index contributed by atoms with van der Waals surface area (Å²) in [6.45, 7) is 1.66. The first-order valence-corrected chi connectivity index (χ1v) is 5.08. The van der Waals surface area contributed by atoms with Crippen molar-refractivity contribution < 1.29 is 13.9 Å². The van der Waals surface area contributed by atoms with Crippen molar-refractivity contribution in [2.75, 3.05) is 7.11 Å². The maximum Gasteiger partial charge on any atom is 0.348 e. The number of hydrogen-bond acceptors (Lipinski definition) is 4. The van der Waals surface area contributed by atoms with E-state index in [1.807, 2.05) is 0 Å². The largest absolute Gasteiger partial charge is 0.465 e. The van der Waals surface area contributed by atoms with Crippen molar-refractivity contribution >= 4 is 27.5 Å². The van der Waals surface area contributed by atoms with Gasteiger partial charge in [-0.3, -0.25) is 4.98 Å². The summed E-state index contributed by atoms with van der Waals surface area (Å²) in [5, 5.41) is 0. The van der Waals surface area contributed by atoms with Gasteiger partial charge in [0, 0.05) is 5.56 Å². The van der Waals surface area contributed by atoms with Crippen molar-refractivity contribution in [1.29, 1.82) is 0 Å². The average Bonchev–Trinajstić information content (AvgIpc) is 2.67. The van der Waals surface area contributed by atoms with Gasteiger partial charge >= 0.3 is 5.97 Å². The van der Waals surface area contributed by atoms with Gasteiger partial charge in [0.05, 0.1) is 23.5 Å². The van der Waals surface area contributed by atoms with Gasteiger partial charge in [0.25, 0.3) is 0 Å². The number of thiophene rings is 1. The zero-order chi connectivity index (χ0) is 11.0. The van der Waals surface area contributed by atoms with Gasteiger partial charge in [-0.2, -0.15) is 0 Å². The minimum absolute atomic E-state index is 0.360. The van der Waals surface area contributed by atoms with Gasteiger partial charge in [0.15, 0.2) is 0 Å². The summed E-state index contributed by atoms with van der Waals surface area (Å²) in [5.41, 5.74) is 1.14. The summed E-state index contributed by atoms with van der Waals surface area (Å²) in [4.78, 5) is 15.6. The molecule has 0 aliphatic heterocycles. The van der Waals surface area contributed by atoms with Crippen molar-refractivity contribution in [2.24, 2.45) is 0 Å². The van der Waals surface area contributed by atoms with Gasteiger partial charge in [-0.25, -0.2) is 9.18 Å². The topological polar surface area (TPSA) is 39.2 Å². The molecule has 0 spiro atoms. The van der Waals surface area contributed by atoms with Crippen molar-refractivity contribution in [1.82, 2.24) is 4.98 Å². The smallest absolute Gasteiger partial charge is 0.348 e. The van der Waals surface area contributed by atoms with Crippen LogP contribution in [0.25, 0.3) is 10.2 Å². The molecule has 0 saturated heterocycles. The molecule has 2 heterocycles. The highest BCUT2D eigenvalue weighted by Crippen LogP contribution is 2.28. The molecule has 0 unspecified atom stereocenters. The van der Waals surface area contributed by atoms with Crippen LogP contribution in [0.2, 0.25) is 0 Å². The normalized spacial score (nSPS) is 10.6. The van der Waals surface area contributed by atoms with E-state index in [0.717, 1.165) is 6.20 Å². The summed E-state index contributed by atoms with van der Waals surface area (Å²) in [6, 6.07) is 1.61. The highest BCUT2D eigenvalue weighted by Gasteiger charge is 2.13. The fourth-order valence-electron chi connectivity index (χ4n) is 1.28. The van der Waals surface area contributed by atoms with E-state index in [1.165, 1.54) is 18.4 Å². The minimum atomic E-state index is -0.419. The summed E-state index contributed by atoms with van der Waals surface area (Å²) >= 11 is 1.19. The van der Waals surface area contributed by atoms with Crippen LogP contribution in [0.1, 0.15) is 15.2 Å². The van der Waals surface area contributed by atoms with E-state index in [1.54, 1.807) is 13.0 Å². The molecule has 0 fully saturated rings. The van der Waals surface area contributed by atoms with Crippen LogP contribution in [0, 0.1) is 12.7 Å². The van der Waals surface area contributed by atoms with Gasteiger partial charge in [-0.1, -0.05) is 0 Å². The van der Waals surface area contributed by atoms with Gasteiger partial charge < -0.3 is 4.74 Å². The first-order valence-electron chi connectivity index (χ1n) is 4.26. The quantitative estimate of drug-likeness (QED) is 0.700. The number of halogens is 1. The van der Waals surface area contributed by atoms with E-state index in [2.05, 4.69) is 9.72 Å². The lowest BCUT2D eigenvalue weighted by molar-refractivity contribution is 0.0606.